The zero-order valence-corrected chi connectivity index (χ0v) is 19.3. The van der Waals surface area contributed by atoms with Crippen molar-refractivity contribution in [3.8, 4) is 11.5 Å². The molecule has 1 aliphatic carbocycles. The summed E-state index contributed by atoms with van der Waals surface area (Å²) in [7, 11) is 1.63. The van der Waals surface area contributed by atoms with Crippen LogP contribution in [0.4, 0.5) is 4.39 Å². The van der Waals surface area contributed by atoms with Crippen molar-refractivity contribution in [2.75, 3.05) is 7.11 Å². The van der Waals surface area contributed by atoms with Crippen LogP contribution in [0.5, 0.6) is 11.5 Å². The summed E-state index contributed by atoms with van der Waals surface area (Å²) in [4.78, 5) is 0. The van der Waals surface area contributed by atoms with Gasteiger partial charge in [0.15, 0.2) is 11.5 Å². The predicted molar refractivity (Wildman–Crippen MR) is 122 cm³/mol. The van der Waals surface area contributed by atoms with Crippen LogP contribution in [-0.2, 0) is 13.2 Å². The molecular weight excluding hydrogens is 457 g/mol. The molecule has 6 heteroatoms. The molecule has 1 saturated carbocycles. The van der Waals surface area contributed by atoms with Gasteiger partial charge in [-0.15, -0.1) is 12.4 Å². The lowest BCUT2D eigenvalue weighted by atomic mass is 9.96. The summed E-state index contributed by atoms with van der Waals surface area (Å²) in [5, 5.41) is 3.70. The lowest BCUT2D eigenvalue weighted by molar-refractivity contribution is 0.277. The highest BCUT2D eigenvalue weighted by Gasteiger charge is 2.15. The van der Waals surface area contributed by atoms with Gasteiger partial charge in [-0.1, -0.05) is 50.3 Å². The number of halogens is 3. The third-order valence-electron chi connectivity index (χ3n) is 5.32. The molecule has 1 fully saturated rings. The Kier molecular flexibility index (Phi) is 10.3. The van der Waals surface area contributed by atoms with Crippen molar-refractivity contribution >= 4 is 28.3 Å². The van der Waals surface area contributed by atoms with Crippen molar-refractivity contribution < 1.29 is 13.9 Å². The zero-order chi connectivity index (χ0) is 19.8. The van der Waals surface area contributed by atoms with Crippen LogP contribution in [-0.4, -0.2) is 13.2 Å². The molecule has 0 saturated heterocycles. The first kappa shape index (κ1) is 24.0. The fourth-order valence-electron chi connectivity index (χ4n) is 3.70. The van der Waals surface area contributed by atoms with Crippen LogP contribution in [0.3, 0.4) is 0 Å². The van der Waals surface area contributed by atoms with Crippen molar-refractivity contribution in [1.82, 2.24) is 5.32 Å². The van der Waals surface area contributed by atoms with Crippen molar-refractivity contribution in [3.05, 3.63) is 57.8 Å². The van der Waals surface area contributed by atoms with Crippen LogP contribution in [0.2, 0.25) is 0 Å². The molecular formula is C23H30BrClFNO2. The van der Waals surface area contributed by atoms with Gasteiger partial charge in [0.2, 0.25) is 0 Å². The fourth-order valence-corrected chi connectivity index (χ4v) is 4.31. The molecule has 1 aliphatic rings. The highest BCUT2D eigenvalue weighted by atomic mass is 79.9. The minimum absolute atomic E-state index is 0. The number of hydrogen-bond donors (Lipinski definition) is 1. The number of methoxy groups -OCH3 is 1. The summed E-state index contributed by atoms with van der Waals surface area (Å²) >= 11 is 3.59. The van der Waals surface area contributed by atoms with E-state index in [0.717, 1.165) is 16.6 Å². The van der Waals surface area contributed by atoms with E-state index in [2.05, 4.69) is 27.3 Å². The van der Waals surface area contributed by atoms with E-state index in [-0.39, 0.29) is 24.8 Å². The highest BCUT2D eigenvalue weighted by Crippen LogP contribution is 2.37. The van der Waals surface area contributed by atoms with E-state index in [1.54, 1.807) is 25.3 Å². The van der Waals surface area contributed by atoms with Gasteiger partial charge in [0.1, 0.15) is 12.4 Å². The molecule has 2 aromatic rings. The number of hydrogen-bond acceptors (Lipinski definition) is 3. The second-order valence-corrected chi connectivity index (χ2v) is 8.27. The van der Waals surface area contributed by atoms with E-state index in [1.807, 2.05) is 6.07 Å². The lowest BCUT2D eigenvalue weighted by Gasteiger charge is -2.21. The molecule has 2 aromatic carbocycles. The average molecular weight is 487 g/mol. The Balaban J connectivity index is 0.00000300. The molecule has 29 heavy (non-hydrogen) atoms. The number of rotatable bonds is 7. The molecule has 3 nitrogen and oxygen atoms in total. The maximum absolute atomic E-state index is 13.8. The predicted octanol–water partition coefficient (Wildman–Crippen LogP) is 6.80. The highest BCUT2D eigenvalue weighted by molar-refractivity contribution is 9.10. The summed E-state index contributed by atoms with van der Waals surface area (Å²) in [6, 6.07) is 11.3. The smallest absolute Gasteiger partial charge is 0.175 e. The first-order chi connectivity index (χ1) is 13.7. The third kappa shape index (κ3) is 7.16. The molecule has 0 spiro atoms. The second kappa shape index (κ2) is 12.4. The molecule has 0 amide bonds. The van der Waals surface area contributed by atoms with Gasteiger partial charge in [-0.05, 0) is 52.5 Å². The van der Waals surface area contributed by atoms with Gasteiger partial charge in [-0.3, -0.25) is 0 Å². The molecule has 1 N–H and O–H groups in total. The second-order valence-electron chi connectivity index (χ2n) is 7.41. The van der Waals surface area contributed by atoms with Crippen molar-refractivity contribution in [1.29, 1.82) is 0 Å². The fraction of sp³-hybridized carbons (Fsp3) is 0.478. The van der Waals surface area contributed by atoms with E-state index < -0.39 is 0 Å². The van der Waals surface area contributed by atoms with Gasteiger partial charge >= 0.3 is 0 Å². The Labute approximate surface area is 187 Å². The Morgan fingerprint density at radius 2 is 1.76 bits per heavy atom. The summed E-state index contributed by atoms with van der Waals surface area (Å²) < 4.78 is 26.1. The molecule has 160 valence electrons. The van der Waals surface area contributed by atoms with Crippen LogP contribution in [0.1, 0.15) is 56.1 Å². The zero-order valence-electron chi connectivity index (χ0n) is 16.9. The van der Waals surface area contributed by atoms with E-state index in [0.29, 0.717) is 23.1 Å². The summed E-state index contributed by atoms with van der Waals surface area (Å²) in [5.74, 6) is 0.984. The average Bonchev–Trinajstić information content (AvgIpc) is 2.67. The molecule has 0 atom stereocenters. The Morgan fingerprint density at radius 3 is 2.45 bits per heavy atom. The molecule has 0 unspecified atom stereocenters. The number of nitrogens with one attached hydrogen (secondary N) is 1. The van der Waals surface area contributed by atoms with E-state index >= 15 is 0 Å². The topological polar surface area (TPSA) is 30.5 Å². The monoisotopic (exact) mass is 485 g/mol. The number of ether oxygens (including phenoxy) is 2. The Morgan fingerprint density at radius 1 is 1.07 bits per heavy atom. The molecule has 0 aliphatic heterocycles. The largest absolute Gasteiger partial charge is 0.493 e. The van der Waals surface area contributed by atoms with Gasteiger partial charge in [0.05, 0.1) is 11.6 Å². The maximum atomic E-state index is 13.8. The van der Waals surface area contributed by atoms with Crippen LogP contribution >= 0.6 is 28.3 Å². The quantitative estimate of drug-likeness (QED) is 0.467. The van der Waals surface area contributed by atoms with Gasteiger partial charge < -0.3 is 14.8 Å². The van der Waals surface area contributed by atoms with Crippen molar-refractivity contribution in [3.63, 3.8) is 0 Å². The Hall–Kier alpha value is -1.30. The van der Waals surface area contributed by atoms with Gasteiger partial charge in [0, 0.05) is 18.2 Å². The molecule has 0 radical (unpaired) electrons. The summed E-state index contributed by atoms with van der Waals surface area (Å²) in [6.45, 7) is 0.953. The van der Waals surface area contributed by atoms with Crippen molar-refractivity contribution in [2.45, 2.75) is 64.1 Å². The van der Waals surface area contributed by atoms with E-state index in [1.165, 1.54) is 51.0 Å². The third-order valence-corrected chi connectivity index (χ3v) is 5.91. The normalized spacial score (nSPS) is 15.1. The minimum atomic E-state index is -0.266. The molecule has 0 aromatic heterocycles. The van der Waals surface area contributed by atoms with Gasteiger partial charge in [0.25, 0.3) is 0 Å². The van der Waals surface area contributed by atoms with Crippen LogP contribution in [0.15, 0.2) is 40.9 Å². The summed E-state index contributed by atoms with van der Waals surface area (Å²) in [5.41, 5.74) is 1.66. The standard InChI is InChI=1S/C23H29BrFNO2.ClH/c1-27-22-14-17(15-26-19-10-5-3-2-4-6-11-19)13-20(24)23(22)28-16-18-9-7-8-12-21(18)25;/h7-9,12-14,19,26H,2-6,10-11,15-16H2,1H3;1H. The van der Waals surface area contributed by atoms with E-state index in [4.69, 9.17) is 9.47 Å². The van der Waals surface area contributed by atoms with Crippen LogP contribution in [0, 0.1) is 5.82 Å². The van der Waals surface area contributed by atoms with Crippen LogP contribution < -0.4 is 14.8 Å². The van der Waals surface area contributed by atoms with E-state index in [9.17, 15) is 4.39 Å². The molecule has 3 rings (SSSR count). The first-order valence-electron chi connectivity index (χ1n) is 10.1. The molecule has 0 bridgehead atoms. The maximum Gasteiger partial charge on any atom is 0.175 e. The number of benzene rings is 2. The minimum Gasteiger partial charge on any atom is -0.493 e. The summed E-state index contributed by atoms with van der Waals surface area (Å²) in [6.07, 6.45) is 9.22. The lowest BCUT2D eigenvalue weighted by Crippen LogP contribution is -2.29. The van der Waals surface area contributed by atoms with Crippen LogP contribution in [0.25, 0.3) is 0 Å². The Bertz CT molecular complexity index is 767. The SMILES string of the molecule is COc1cc(CNC2CCCCCCC2)cc(Br)c1OCc1ccccc1F.Cl. The van der Waals surface area contributed by atoms with Crippen molar-refractivity contribution in [2.24, 2.45) is 0 Å². The molecule has 0 heterocycles. The van der Waals surface area contributed by atoms with Gasteiger partial charge in [-0.2, -0.15) is 0 Å². The first-order valence-corrected chi connectivity index (χ1v) is 10.9. The van der Waals surface area contributed by atoms with Gasteiger partial charge in [-0.25, -0.2) is 4.39 Å².